The van der Waals surface area contributed by atoms with Crippen molar-refractivity contribution in [3.63, 3.8) is 0 Å². The Morgan fingerprint density at radius 1 is 0.828 bits per heavy atom. The number of nitrogens with one attached hydrogen (secondary N) is 1. The number of ether oxygens (including phenoxy) is 1. The van der Waals surface area contributed by atoms with Crippen molar-refractivity contribution in [2.24, 2.45) is 0 Å². The van der Waals surface area contributed by atoms with Crippen LogP contribution in [0.4, 0.5) is 4.79 Å². The summed E-state index contributed by atoms with van der Waals surface area (Å²) in [6.45, 7) is 0.238. The topological polar surface area (TPSA) is 51.2 Å². The number of alkyl carbamates (subject to hydrolysis) is 1. The van der Waals surface area contributed by atoms with Crippen molar-refractivity contribution in [3.05, 3.63) is 114 Å². The monoisotopic (exact) mass is 382 g/mol. The second-order valence-corrected chi connectivity index (χ2v) is 6.87. The van der Waals surface area contributed by atoms with Crippen molar-refractivity contribution < 1.29 is 9.53 Å². The van der Waals surface area contributed by atoms with Crippen molar-refractivity contribution >= 4 is 17.0 Å². The summed E-state index contributed by atoms with van der Waals surface area (Å²) in [5, 5.41) is 4.10. The van der Waals surface area contributed by atoms with Crippen molar-refractivity contribution in [3.8, 4) is 0 Å². The maximum absolute atomic E-state index is 12.4. The third-order valence-electron chi connectivity index (χ3n) is 4.78. The summed E-state index contributed by atoms with van der Waals surface area (Å²) in [4.78, 5) is 17.2. The molecule has 1 aromatic heterocycles. The van der Waals surface area contributed by atoms with Gasteiger partial charge in [-0.3, -0.25) is 4.98 Å². The number of hydrogen-bond acceptors (Lipinski definition) is 3. The first-order chi connectivity index (χ1) is 14.3. The van der Waals surface area contributed by atoms with Crippen LogP contribution in [0.1, 0.15) is 22.9 Å². The Morgan fingerprint density at radius 2 is 1.52 bits per heavy atom. The van der Waals surface area contributed by atoms with Gasteiger partial charge in [-0.15, -0.1) is 0 Å². The second-order valence-electron chi connectivity index (χ2n) is 6.87. The number of carbonyl (C=O) groups is 1. The van der Waals surface area contributed by atoms with Gasteiger partial charge in [0.1, 0.15) is 6.61 Å². The average molecular weight is 382 g/mol. The predicted molar refractivity (Wildman–Crippen MR) is 114 cm³/mol. The number of fused-ring (bicyclic) bond motifs is 1. The molecule has 1 atom stereocenters. The van der Waals surface area contributed by atoms with Gasteiger partial charge in [-0.1, -0.05) is 84.9 Å². The molecule has 0 radical (unpaired) electrons. The molecule has 0 fully saturated rings. The van der Waals surface area contributed by atoms with Gasteiger partial charge in [0.25, 0.3) is 0 Å². The number of hydrogen-bond donors (Lipinski definition) is 1. The van der Waals surface area contributed by atoms with E-state index in [1.807, 2.05) is 91.0 Å². The Hall–Kier alpha value is -3.66. The van der Waals surface area contributed by atoms with Crippen molar-refractivity contribution in [1.29, 1.82) is 0 Å². The molecule has 3 aromatic carbocycles. The van der Waals surface area contributed by atoms with Gasteiger partial charge >= 0.3 is 6.09 Å². The molecule has 29 heavy (non-hydrogen) atoms. The lowest BCUT2D eigenvalue weighted by molar-refractivity contribution is 0.135. The van der Waals surface area contributed by atoms with Crippen LogP contribution in [-0.4, -0.2) is 11.1 Å². The van der Waals surface area contributed by atoms with Crippen molar-refractivity contribution in [1.82, 2.24) is 10.3 Å². The largest absolute Gasteiger partial charge is 0.445 e. The van der Waals surface area contributed by atoms with Gasteiger partial charge in [0, 0.05) is 17.5 Å². The zero-order valence-electron chi connectivity index (χ0n) is 16.0. The Bertz CT molecular complexity index is 1080. The Labute approximate surface area is 170 Å². The Balaban J connectivity index is 1.49. The minimum atomic E-state index is -0.441. The molecule has 144 valence electrons. The third-order valence-corrected chi connectivity index (χ3v) is 4.78. The summed E-state index contributed by atoms with van der Waals surface area (Å²) in [6, 6.07) is 31.4. The van der Waals surface area contributed by atoms with E-state index >= 15 is 0 Å². The Morgan fingerprint density at radius 3 is 2.31 bits per heavy atom. The molecule has 4 heteroatoms. The number of carbonyl (C=O) groups excluding carboxylic acids is 1. The highest BCUT2D eigenvalue weighted by atomic mass is 16.5. The average Bonchev–Trinajstić information content (AvgIpc) is 2.78. The van der Waals surface area contributed by atoms with Crippen LogP contribution < -0.4 is 5.32 Å². The first-order valence-corrected chi connectivity index (χ1v) is 9.65. The zero-order chi connectivity index (χ0) is 19.9. The minimum absolute atomic E-state index is 0.229. The van der Waals surface area contributed by atoms with Crippen LogP contribution in [0, 0.1) is 0 Å². The number of aromatic nitrogens is 1. The van der Waals surface area contributed by atoms with Gasteiger partial charge in [0.2, 0.25) is 0 Å². The highest BCUT2D eigenvalue weighted by molar-refractivity contribution is 5.78. The molecule has 0 saturated heterocycles. The van der Waals surface area contributed by atoms with Gasteiger partial charge in [-0.2, -0.15) is 0 Å². The quantitative estimate of drug-likeness (QED) is 0.483. The highest BCUT2D eigenvalue weighted by Gasteiger charge is 2.17. The fraction of sp³-hybridized carbons (Fsp3) is 0.120. The summed E-state index contributed by atoms with van der Waals surface area (Å²) in [6.07, 6.45) is 0.137. The van der Waals surface area contributed by atoms with Gasteiger partial charge in [0.05, 0.1) is 11.6 Å². The summed E-state index contributed by atoms with van der Waals surface area (Å²) < 4.78 is 5.42. The van der Waals surface area contributed by atoms with E-state index in [2.05, 4.69) is 11.4 Å². The Kier molecular flexibility index (Phi) is 5.81. The van der Waals surface area contributed by atoms with Crippen LogP contribution in [0.3, 0.4) is 0 Å². The molecule has 4 nitrogen and oxygen atoms in total. The molecule has 1 heterocycles. The van der Waals surface area contributed by atoms with E-state index in [-0.39, 0.29) is 12.6 Å². The number of benzene rings is 3. The van der Waals surface area contributed by atoms with E-state index < -0.39 is 6.09 Å². The smallest absolute Gasteiger partial charge is 0.407 e. The van der Waals surface area contributed by atoms with E-state index in [1.54, 1.807) is 0 Å². The molecule has 0 aliphatic carbocycles. The maximum atomic E-state index is 12.4. The highest BCUT2D eigenvalue weighted by Crippen LogP contribution is 2.20. The predicted octanol–water partition coefficient (Wildman–Crippen LogP) is 5.45. The number of nitrogens with zero attached hydrogens (tertiary/aromatic N) is 1. The summed E-state index contributed by atoms with van der Waals surface area (Å²) in [7, 11) is 0. The third kappa shape index (κ3) is 4.99. The molecule has 4 aromatic rings. The van der Waals surface area contributed by atoms with E-state index in [9.17, 15) is 4.79 Å². The molecule has 0 saturated carbocycles. The summed E-state index contributed by atoms with van der Waals surface area (Å²) in [5.74, 6) is 0. The van der Waals surface area contributed by atoms with Crippen LogP contribution in [0.15, 0.2) is 97.1 Å². The van der Waals surface area contributed by atoms with Crippen LogP contribution in [0.25, 0.3) is 10.9 Å². The SMILES string of the molecule is O=C(N[C@H](Cc1ccc2ccccc2n1)c1ccccc1)OCc1ccccc1. The number of para-hydroxylation sites is 1. The number of pyridine rings is 1. The number of rotatable bonds is 6. The molecule has 0 aliphatic rings. The van der Waals surface area contributed by atoms with E-state index in [1.165, 1.54) is 0 Å². The molecule has 0 bridgehead atoms. The summed E-state index contributed by atoms with van der Waals surface area (Å²) >= 11 is 0. The van der Waals surface area contributed by atoms with Crippen molar-refractivity contribution in [2.75, 3.05) is 0 Å². The minimum Gasteiger partial charge on any atom is -0.445 e. The second kappa shape index (κ2) is 9.02. The first-order valence-electron chi connectivity index (χ1n) is 9.65. The molecule has 1 amide bonds. The molecule has 0 spiro atoms. The van der Waals surface area contributed by atoms with Gasteiger partial charge < -0.3 is 10.1 Å². The number of amides is 1. The van der Waals surface area contributed by atoms with Gasteiger partial charge in [-0.25, -0.2) is 4.79 Å². The van der Waals surface area contributed by atoms with Gasteiger partial charge in [-0.05, 0) is 23.3 Å². The van der Waals surface area contributed by atoms with E-state index in [0.29, 0.717) is 6.42 Å². The van der Waals surface area contributed by atoms with Crippen LogP contribution in [-0.2, 0) is 17.8 Å². The van der Waals surface area contributed by atoms with Crippen LogP contribution in [0.5, 0.6) is 0 Å². The van der Waals surface area contributed by atoms with Crippen molar-refractivity contribution in [2.45, 2.75) is 19.1 Å². The van der Waals surface area contributed by atoms with E-state index in [4.69, 9.17) is 9.72 Å². The fourth-order valence-electron chi connectivity index (χ4n) is 3.28. The summed E-state index contributed by atoms with van der Waals surface area (Å²) in [5.41, 5.74) is 3.83. The molecule has 1 N–H and O–H groups in total. The molecular weight excluding hydrogens is 360 g/mol. The lowest BCUT2D eigenvalue weighted by Crippen LogP contribution is -2.30. The lowest BCUT2D eigenvalue weighted by atomic mass is 10.0. The fourth-order valence-corrected chi connectivity index (χ4v) is 3.28. The first kappa shape index (κ1) is 18.7. The molecular formula is C25H22N2O2. The molecule has 0 aliphatic heterocycles. The molecule has 0 unspecified atom stereocenters. The standard InChI is InChI=1S/C25H22N2O2/c28-25(29-18-19-9-3-1-4-10-19)27-24(20-11-5-2-6-12-20)17-22-16-15-21-13-7-8-14-23(21)26-22/h1-16,24H,17-18H2,(H,27,28)/t24-/m1/s1. The normalized spacial score (nSPS) is 11.7. The zero-order valence-corrected chi connectivity index (χ0v) is 16.0. The maximum Gasteiger partial charge on any atom is 0.407 e. The van der Waals surface area contributed by atoms with Crippen LogP contribution >= 0.6 is 0 Å². The van der Waals surface area contributed by atoms with Gasteiger partial charge in [0.15, 0.2) is 0 Å². The molecule has 4 rings (SSSR count). The van der Waals surface area contributed by atoms with E-state index in [0.717, 1.165) is 27.7 Å². The lowest BCUT2D eigenvalue weighted by Gasteiger charge is -2.19. The van der Waals surface area contributed by atoms with Crippen LogP contribution in [0.2, 0.25) is 0 Å².